The fraction of sp³-hybridized carbons (Fsp3) is 0.167. The molecule has 3 heteroatoms. The van der Waals surface area contributed by atoms with Gasteiger partial charge in [-0.3, -0.25) is 0 Å². The van der Waals surface area contributed by atoms with E-state index in [9.17, 15) is 0 Å². The second-order valence-corrected chi connectivity index (χ2v) is 3.73. The van der Waals surface area contributed by atoms with Crippen LogP contribution in [-0.4, -0.2) is 8.75 Å². The predicted octanol–water partition coefficient (Wildman–Crippen LogP) is 3.76. The van der Waals surface area contributed by atoms with Crippen LogP contribution < -0.4 is 0 Å². The molecule has 1 aromatic heterocycles. The number of hydrogen-bond donors (Lipinski definition) is 0. The molecule has 2 aromatic rings. The Morgan fingerprint density at radius 3 is 1.80 bits per heavy atom. The van der Waals surface area contributed by atoms with Gasteiger partial charge in [-0.15, -0.1) is 0 Å². The van der Waals surface area contributed by atoms with Gasteiger partial charge in [0.25, 0.3) is 0 Å². The lowest BCUT2D eigenvalue weighted by molar-refractivity contribution is 1.58. The first-order chi connectivity index (χ1) is 7.36. The van der Waals surface area contributed by atoms with Crippen molar-refractivity contribution in [2.24, 2.45) is 0 Å². The predicted molar refractivity (Wildman–Crippen MR) is 66.8 cm³/mol. The van der Waals surface area contributed by atoms with E-state index in [1.807, 2.05) is 26.0 Å². The first kappa shape index (κ1) is 10.1. The van der Waals surface area contributed by atoms with Crippen LogP contribution in [0.3, 0.4) is 0 Å². The van der Waals surface area contributed by atoms with Gasteiger partial charge < -0.3 is 0 Å². The van der Waals surface area contributed by atoms with Crippen LogP contribution >= 0.6 is 11.7 Å². The molecule has 0 unspecified atom stereocenters. The third kappa shape index (κ3) is 1.83. The van der Waals surface area contributed by atoms with Crippen LogP contribution in [0.2, 0.25) is 0 Å². The maximum absolute atomic E-state index is 4.33. The summed E-state index contributed by atoms with van der Waals surface area (Å²) in [5.74, 6) is 0. The van der Waals surface area contributed by atoms with Gasteiger partial charge in [0.1, 0.15) is 11.0 Å². The number of fused-ring (bicyclic) bond motifs is 1. The van der Waals surface area contributed by atoms with E-state index in [1.54, 1.807) is 0 Å². The fourth-order valence-electron chi connectivity index (χ4n) is 1.53. The molecule has 0 spiro atoms. The summed E-state index contributed by atoms with van der Waals surface area (Å²) in [4.78, 5) is 0. The van der Waals surface area contributed by atoms with Gasteiger partial charge in [0, 0.05) is 11.1 Å². The zero-order valence-corrected chi connectivity index (χ0v) is 9.58. The summed E-state index contributed by atoms with van der Waals surface area (Å²) >= 11 is 1.27. The number of rotatable bonds is 2. The molecule has 0 aliphatic heterocycles. The van der Waals surface area contributed by atoms with E-state index < -0.39 is 0 Å². The zero-order chi connectivity index (χ0) is 10.7. The first-order valence-electron chi connectivity index (χ1n) is 4.87. The van der Waals surface area contributed by atoms with Crippen molar-refractivity contribution < 1.29 is 0 Å². The van der Waals surface area contributed by atoms with Gasteiger partial charge in [0.2, 0.25) is 0 Å². The van der Waals surface area contributed by atoms with Crippen LogP contribution in [0.15, 0.2) is 24.3 Å². The van der Waals surface area contributed by atoms with Crippen molar-refractivity contribution in [1.82, 2.24) is 8.75 Å². The standard InChI is InChI=1S/C12H12N2S/c1-3-5-9-7-8-10(6-4-2)12-11(9)13-15-14-12/h3-8H,1-2H3/b5-3+,6-4+. The second-order valence-electron chi connectivity index (χ2n) is 3.21. The summed E-state index contributed by atoms with van der Waals surface area (Å²) in [5.41, 5.74) is 4.26. The van der Waals surface area contributed by atoms with Crippen LogP contribution in [0, 0.1) is 0 Å². The molecular formula is C12H12N2S. The molecule has 0 saturated heterocycles. The van der Waals surface area contributed by atoms with Crippen molar-refractivity contribution in [3.63, 3.8) is 0 Å². The summed E-state index contributed by atoms with van der Waals surface area (Å²) in [5, 5.41) is 0. The molecule has 0 radical (unpaired) electrons. The van der Waals surface area contributed by atoms with Crippen molar-refractivity contribution in [3.8, 4) is 0 Å². The molecule has 15 heavy (non-hydrogen) atoms. The number of nitrogens with zero attached hydrogens (tertiary/aromatic N) is 2. The van der Waals surface area contributed by atoms with Crippen LogP contribution in [0.5, 0.6) is 0 Å². The third-order valence-corrected chi connectivity index (χ3v) is 2.70. The molecule has 0 atom stereocenters. The highest BCUT2D eigenvalue weighted by atomic mass is 32.1. The Morgan fingerprint density at radius 1 is 0.933 bits per heavy atom. The highest BCUT2D eigenvalue weighted by Crippen LogP contribution is 2.23. The van der Waals surface area contributed by atoms with Crippen LogP contribution in [0.25, 0.3) is 23.2 Å². The molecule has 0 bridgehead atoms. The molecule has 0 N–H and O–H groups in total. The average Bonchev–Trinajstić information content (AvgIpc) is 2.71. The van der Waals surface area contributed by atoms with Crippen molar-refractivity contribution >= 4 is 34.9 Å². The van der Waals surface area contributed by atoms with Gasteiger partial charge in [-0.1, -0.05) is 36.4 Å². The zero-order valence-electron chi connectivity index (χ0n) is 8.77. The quantitative estimate of drug-likeness (QED) is 0.764. The molecule has 2 nitrogen and oxygen atoms in total. The topological polar surface area (TPSA) is 25.8 Å². The Bertz CT molecular complexity index is 477. The molecule has 76 valence electrons. The fourth-order valence-corrected chi connectivity index (χ4v) is 2.12. The minimum absolute atomic E-state index is 0.994. The smallest absolute Gasteiger partial charge is 0.112 e. The van der Waals surface area contributed by atoms with Crippen molar-refractivity contribution in [1.29, 1.82) is 0 Å². The number of allylic oxidation sites excluding steroid dienone is 2. The molecule has 0 amide bonds. The van der Waals surface area contributed by atoms with Crippen molar-refractivity contribution in [3.05, 3.63) is 35.4 Å². The van der Waals surface area contributed by atoms with Crippen LogP contribution in [0.1, 0.15) is 25.0 Å². The van der Waals surface area contributed by atoms with Crippen LogP contribution in [0.4, 0.5) is 0 Å². The molecule has 2 rings (SSSR count). The van der Waals surface area contributed by atoms with Gasteiger partial charge >= 0.3 is 0 Å². The van der Waals surface area contributed by atoms with E-state index >= 15 is 0 Å². The molecule has 0 aliphatic carbocycles. The maximum Gasteiger partial charge on any atom is 0.112 e. The minimum Gasteiger partial charge on any atom is -0.172 e. The summed E-state index contributed by atoms with van der Waals surface area (Å²) in [6.45, 7) is 4.01. The van der Waals surface area contributed by atoms with E-state index in [1.165, 1.54) is 11.7 Å². The molecule has 1 aromatic carbocycles. The van der Waals surface area contributed by atoms with Gasteiger partial charge in [-0.2, -0.15) is 8.75 Å². The molecular weight excluding hydrogens is 204 g/mol. The number of benzene rings is 1. The molecule has 0 saturated carbocycles. The van der Waals surface area contributed by atoms with Crippen molar-refractivity contribution in [2.45, 2.75) is 13.8 Å². The van der Waals surface area contributed by atoms with E-state index in [0.29, 0.717) is 0 Å². The van der Waals surface area contributed by atoms with E-state index in [0.717, 1.165) is 22.2 Å². The molecule has 0 aliphatic rings. The average molecular weight is 216 g/mol. The Hall–Kier alpha value is -1.48. The Balaban J connectivity index is 2.70. The number of hydrogen-bond acceptors (Lipinski definition) is 3. The summed E-state index contributed by atoms with van der Waals surface area (Å²) in [7, 11) is 0. The lowest BCUT2D eigenvalue weighted by Crippen LogP contribution is -1.81. The Kier molecular flexibility index (Phi) is 2.92. The van der Waals surface area contributed by atoms with Gasteiger partial charge in [0.05, 0.1) is 11.7 Å². The Labute approximate surface area is 93.3 Å². The first-order valence-corrected chi connectivity index (χ1v) is 5.60. The monoisotopic (exact) mass is 216 g/mol. The third-order valence-electron chi connectivity index (χ3n) is 2.17. The van der Waals surface area contributed by atoms with E-state index in [4.69, 9.17) is 0 Å². The highest BCUT2D eigenvalue weighted by molar-refractivity contribution is 7.00. The SMILES string of the molecule is C/C=C/c1ccc(/C=C/C)c2nsnc12. The van der Waals surface area contributed by atoms with Crippen molar-refractivity contribution in [2.75, 3.05) is 0 Å². The van der Waals surface area contributed by atoms with E-state index in [2.05, 4.69) is 33.0 Å². The summed E-state index contributed by atoms with van der Waals surface area (Å²) in [6, 6.07) is 4.16. The van der Waals surface area contributed by atoms with Gasteiger partial charge in [-0.25, -0.2) is 0 Å². The second kappa shape index (κ2) is 4.36. The number of aromatic nitrogens is 2. The van der Waals surface area contributed by atoms with Gasteiger partial charge in [-0.05, 0) is 13.8 Å². The maximum atomic E-state index is 4.33. The highest BCUT2D eigenvalue weighted by Gasteiger charge is 2.06. The minimum atomic E-state index is 0.994. The lowest BCUT2D eigenvalue weighted by atomic mass is 10.1. The van der Waals surface area contributed by atoms with Crippen LogP contribution in [-0.2, 0) is 0 Å². The summed E-state index contributed by atoms with van der Waals surface area (Å²) in [6.07, 6.45) is 8.15. The Morgan fingerprint density at radius 2 is 1.40 bits per heavy atom. The van der Waals surface area contributed by atoms with Gasteiger partial charge in [0.15, 0.2) is 0 Å². The van der Waals surface area contributed by atoms with E-state index in [-0.39, 0.29) is 0 Å². The normalized spacial score (nSPS) is 12.1. The lowest BCUT2D eigenvalue weighted by Gasteiger charge is -1.98. The molecule has 1 heterocycles. The molecule has 0 fully saturated rings. The largest absolute Gasteiger partial charge is 0.172 e. The summed E-state index contributed by atoms with van der Waals surface area (Å²) < 4.78 is 8.65.